The average Bonchev–Trinajstić information content (AvgIpc) is 1.88. The van der Waals surface area contributed by atoms with Gasteiger partial charge in [-0.2, -0.15) is 0 Å². The SMILES string of the molecule is CCC(CC)C(I)OC(=O)O. The molecule has 1 unspecified atom stereocenters. The quantitative estimate of drug-likeness (QED) is 0.486. The second-order valence-electron chi connectivity index (χ2n) is 2.31. The van der Waals surface area contributed by atoms with Crippen LogP contribution in [0.5, 0.6) is 0 Å². The normalized spacial score (nSPS) is 13.1. The first kappa shape index (κ1) is 11.0. The molecule has 0 aliphatic rings. The van der Waals surface area contributed by atoms with Crippen molar-refractivity contribution >= 4 is 28.7 Å². The monoisotopic (exact) mass is 272 g/mol. The van der Waals surface area contributed by atoms with Crippen molar-refractivity contribution in [2.75, 3.05) is 0 Å². The van der Waals surface area contributed by atoms with Gasteiger partial charge >= 0.3 is 6.16 Å². The largest absolute Gasteiger partial charge is 0.506 e. The molecule has 0 aromatic rings. The van der Waals surface area contributed by atoms with Crippen LogP contribution in [0.2, 0.25) is 0 Å². The number of ether oxygens (including phenoxy) is 1. The van der Waals surface area contributed by atoms with Crippen LogP contribution in [0, 0.1) is 5.92 Å². The van der Waals surface area contributed by atoms with Crippen molar-refractivity contribution in [2.45, 2.75) is 30.8 Å². The summed E-state index contributed by atoms with van der Waals surface area (Å²) in [5, 5.41) is 8.30. The lowest BCUT2D eigenvalue weighted by atomic mass is 10.1. The van der Waals surface area contributed by atoms with Gasteiger partial charge in [-0.3, -0.25) is 0 Å². The number of halogens is 1. The summed E-state index contributed by atoms with van der Waals surface area (Å²) in [6, 6.07) is 0. The number of carboxylic acid groups (broad SMARTS) is 1. The molecule has 0 spiro atoms. The minimum atomic E-state index is -1.18. The van der Waals surface area contributed by atoms with E-state index in [0.717, 1.165) is 12.8 Å². The Morgan fingerprint density at radius 2 is 2.00 bits per heavy atom. The lowest BCUT2D eigenvalue weighted by Gasteiger charge is -2.17. The minimum absolute atomic E-state index is 0.208. The Morgan fingerprint density at radius 3 is 2.27 bits per heavy atom. The molecule has 0 rings (SSSR count). The van der Waals surface area contributed by atoms with E-state index in [4.69, 9.17) is 5.11 Å². The number of rotatable bonds is 4. The molecular weight excluding hydrogens is 259 g/mol. The van der Waals surface area contributed by atoms with E-state index < -0.39 is 6.16 Å². The summed E-state index contributed by atoms with van der Waals surface area (Å²) in [5.41, 5.74) is 0. The highest BCUT2D eigenvalue weighted by Gasteiger charge is 2.18. The third kappa shape index (κ3) is 4.44. The molecule has 1 N–H and O–H groups in total. The van der Waals surface area contributed by atoms with Gasteiger partial charge in [-0.1, -0.05) is 13.8 Å². The zero-order valence-electron chi connectivity index (χ0n) is 6.71. The number of alkyl halides is 1. The highest BCUT2D eigenvalue weighted by atomic mass is 127. The summed E-state index contributed by atoms with van der Waals surface area (Å²) in [6.07, 6.45) is 0.728. The molecular formula is C7H13IO3. The van der Waals surface area contributed by atoms with Gasteiger partial charge in [0.05, 0.1) is 0 Å². The highest BCUT2D eigenvalue weighted by Crippen LogP contribution is 2.21. The van der Waals surface area contributed by atoms with Crippen molar-refractivity contribution in [3.63, 3.8) is 0 Å². The van der Waals surface area contributed by atoms with Gasteiger partial charge in [0.15, 0.2) is 4.11 Å². The van der Waals surface area contributed by atoms with Crippen LogP contribution in [0.1, 0.15) is 26.7 Å². The van der Waals surface area contributed by atoms with E-state index in [1.54, 1.807) is 0 Å². The summed E-state index contributed by atoms with van der Waals surface area (Å²) < 4.78 is 4.39. The number of carbonyl (C=O) groups is 1. The van der Waals surface area contributed by atoms with Gasteiger partial charge in [-0.05, 0) is 35.4 Å². The molecule has 0 amide bonds. The third-order valence-corrected chi connectivity index (χ3v) is 2.90. The molecule has 4 heteroatoms. The van der Waals surface area contributed by atoms with Crippen LogP contribution in [0.15, 0.2) is 0 Å². The Morgan fingerprint density at radius 1 is 1.55 bits per heavy atom. The van der Waals surface area contributed by atoms with Gasteiger partial charge in [0.1, 0.15) is 0 Å². The molecule has 0 saturated carbocycles. The van der Waals surface area contributed by atoms with E-state index in [2.05, 4.69) is 4.74 Å². The molecule has 0 bridgehead atoms. The zero-order chi connectivity index (χ0) is 8.85. The lowest BCUT2D eigenvalue weighted by Crippen LogP contribution is -2.19. The van der Waals surface area contributed by atoms with Crippen LogP contribution in [0.3, 0.4) is 0 Å². The van der Waals surface area contributed by atoms with Gasteiger partial charge in [0, 0.05) is 5.92 Å². The lowest BCUT2D eigenvalue weighted by molar-refractivity contribution is 0.0679. The summed E-state index contributed by atoms with van der Waals surface area (Å²) in [5.74, 6) is 0.340. The van der Waals surface area contributed by atoms with E-state index in [1.165, 1.54) is 0 Å². The highest BCUT2D eigenvalue weighted by molar-refractivity contribution is 14.1. The van der Waals surface area contributed by atoms with E-state index >= 15 is 0 Å². The van der Waals surface area contributed by atoms with E-state index in [1.807, 2.05) is 36.4 Å². The molecule has 0 aromatic heterocycles. The molecule has 0 radical (unpaired) electrons. The van der Waals surface area contributed by atoms with Crippen molar-refractivity contribution in [1.29, 1.82) is 0 Å². The molecule has 0 heterocycles. The fourth-order valence-electron chi connectivity index (χ4n) is 0.852. The third-order valence-electron chi connectivity index (χ3n) is 1.63. The first-order valence-electron chi connectivity index (χ1n) is 3.65. The van der Waals surface area contributed by atoms with Crippen molar-refractivity contribution in [3.8, 4) is 0 Å². The number of hydrogen-bond acceptors (Lipinski definition) is 2. The first-order chi connectivity index (χ1) is 5.11. The summed E-state index contributed by atoms with van der Waals surface area (Å²) >= 11 is 2.02. The minimum Gasteiger partial charge on any atom is -0.450 e. The molecule has 1 atom stereocenters. The Kier molecular flexibility index (Phi) is 5.62. The van der Waals surface area contributed by atoms with Crippen LogP contribution in [-0.4, -0.2) is 15.4 Å². The van der Waals surface area contributed by atoms with Crippen molar-refractivity contribution in [3.05, 3.63) is 0 Å². The predicted molar refractivity (Wildman–Crippen MR) is 51.0 cm³/mol. The summed E-state index contributed by atoms with van der Waals surface area (Å²) in [6.45, 7) is 4.07. The maximum atomic E-state index is 10.1. The molecule has 0 fully saturated rings. The summed E-state index contributed by atoms with van der Waals surface area (Å²) in [4.78, 5) is 10.1. The van der Waals surface area contributed by atoms with Crippen LogP contribution in [-0.2, 0) is 4.74 Å². The van der Waals surface area contributed by atoms with Crippen LogP contribution < -0.4 is 0 Å². The van der Waals surface area contributed by atoms with Crippen molar-refractivity contribution < 1.29 is 14.6 Å². The maximum absolute atomic E-state index is 10.1. The van der Waals surface area contributed by atoms with Gasteiger partial charge in [-0.25, -0.2) is 4.79 Å². The van der Waals surface area contributed by atoms with Crippen LogP contribution in [0.4, 0.5) is 4.79 Å². The van der Waals surface area contributed by atoms with Gasteiger partial charge in [0.2, 0.25) is 0 Å². The van der Waals surface area contributed by atoms with Gasteiger partial charge in [-0.15, -0.1) is 0 Å². The topological polar surface area (TPSA) is 46.5 Å². The van der Waals surface area contributed by atoms with Crippen LogP contribution >= 0.6 is 22.6 Å². The zero-order valence-corrected chi connectivity index (χ0v) is 8.87. The first-order valence-corrected chi connectivity index (χ1v) is 4.90. The molecule has 11 heavy (non-hydrogen) atoms. The maximum Gasteiger partial charge on any atom is 0.506 e. The van der Waals surface area contributed by atoms with E-state index in [-0.39, 0.29) is 4.11 Å². The molecule has 66 valence electrons. The summed E-state index contributed by atoms with van der Waals surface area (Å²) in [7, 11) is 0. The molecule has 0 aliphatic carbocycles. The van der Waals surface area contributed by atoms with Crippen molar-refractivity contribution in [1.82, 2.24) is 0 Å². The van der Waals surface area contributed by atoms with Gasteiger partial charge < -0.3 is 9.84 Å². The van der Waals surface area contributed by atoms with E-state index in [9.17, 15) is 4.79 Å². The second kappa shape index (κ2) is 5.62. The predicted octanol–water partition coefficient (Wildman–Crippen LogP) is 2.88. The molecule has 0 saturated heterocycles. The van der Waals surface area contributed by atoms with Gasteiger partial charge in [0.25, 0.3) is 0 Å². The Hall–Kier alpha value is 0. The molecule has 3 nitrogen and oxygen atoms in total. The molecule has 0 aromatic carbocycles. The van der Waals surface area contributed by atoms with Crippen LogP contribution in [0.25, 0.3) is 0 Å². The fraction of sp³-hybridized carbons (Fsp3) is 0.857. The van der Waals surface area contributed by atoms with E-state index in [0.29, 0.717) is 5.92 Å². The average molecular weight is 272 g/mol. The van der Waals surface area contributed by atoms with Crippen molar-refractivity contribution in [2.24, 2.45) is 5.92 Å². The standard InChI is InChI=1S/C7H13IO3/c1-3-5(4-2)6(8)11-7(9)10/h5-6H,3-4H2,1-2H3,(H,9,10). The Bertz CT molecular complexity index is 123. The second-order valence-corrected chi connectivity index (χ2v) is 3.54. The fourth-order valence-corrected chi connectivity index (χ4v) is 2.09. The Labute approximate surface area is 80.3 Å². The number of hydrogen-bond donors (Lipinski definition) is 1. The smallest absolute Gasteiger partial charge is 0.450 e. The Balaban J connectivity index is 3.78. The molecule has 0 aliphatic heterocycles.